The maximum absolute atomic E-state index is 11.0. The van der Waals surface area contributed by atoms with Gasteiger partial charge in [0, 0.05) is 10.9 Å². The first kappa shape index (κ1) is 11.6. The fourth-order valence-corrected chi connectivity index (χ4v) is 2.24. The maximum Gasteiger partial charge on any atom is 0.337 e. The summed E-state index contributed by atoms with van der Waals surface area (Å²) < 4.78 is 15.9. The minimum atomic E-state index is -1.69. The molecule has 0 radical (unpaired) electrons. The van der Waals surface area contributed by atoms with Crippen molar-refractivity contribution in [2.75, 3.05) is 7.11 Å². The van der Waals surface area contributed by atoms with Gasteiger partial charge in [-0.3, -0.25) is 0 Å². The molecule has 0 spiro atoms. The van der Waals surface area contributed by atoms with Crippen molar-refractivity contribution in [3.8, 4) is 5.75 Å². The van der Waals surface area contributed by atoms with Crippen molar-refractivity contribution in [1.82, 2.24) is 0 Å². The van der Waals surface area contributed by atoms with Crippen molar-refractivity contribution in [2.24, 2.45) is 0 Å². The lowest BCUT2D eigenvalue weighted by Gasteiger charge is -2.10. The third kappa shape index (κ3) is 1.50. The van der Waals surface area contributed by atoms with Gasteiger partial charge in [-0.2, -0.15) is 0 Å². The SMILES string of the molecule is COc1c2ccoc2c(C(O)C(=O)O)c2ccoc12. The third-order valence-corrected chi connectivity index (χ3v) is 3.03. The Morgan fingerprint density at radius 3 is 2.47 bits per heavy atom. The lowest BCUT2D eigenvalue weighted by atomic mass is 10.0. The molecule has 6 heteroatoms. The molecule has 1 aromatic carbocycles. The number of aliphatic carboxylic acids is 1. The number of hydrogen-bond acceptors (Lipinski definition) is 5. The van der Waals surface area contributed by atoms with Crippen molar-refractivity contribution in [1.29, 1.82) is 0 Å². The highest BCUT2D eigenvalue weighted by atomic mass is 16.5. The van der Waals surface area contributed by atoms with Crippen molar-refractivity contribution < 1.29 is 28.6 Å². The van der Waals surface area contributed by atoms with E-state index in [9.17, 15) is 9.90 Å². The number of furan rings is 2. The minimum absolute atomic E-state index is 0.164. The minimum Gasteiger partial charge on any atom is -0.492 e. The molecule has 19 heavy (non-hydrogen) atoms. The van der Waals surface area contributed by atoms with Gasteiger partial charge in [0.2, 0.25) is 0 Å². The van der Waals surface area contributed by atoms with Gasteiger partial charge in [-0.1, -0.05) is 0 Å². The van der Waals surface area contributed by atoms with E-state index in [0.717, 1.165) is 0 Å². The van der Waals surface area contributed by atoms with Crippen molar-refractivity contribution in [2.45, 2.75) is 6.10 Å². The lowest BCUT2D eigenvalue weighted by Crippen LogP contribution is -2.11. The monoisotopic (exact) mass is 262 g/mol. The topological polar surface area (TPSA) is 93.0 Å². The summed E-state index contributed by atoms with van der Waals surface area (Å²) in [6.07, 6.45) is 1.12. The molecule has 1 atom stereocenters. The molecule has 2 aromatic heterocycles. The molecule has 0 bridgehead atoms. The van der Waals surface area contributed by atoms with Crippen LogP contribution in [0.1, 0.15) is 11.7 Å². The van der Waals surface area contributed by atoms with Gasteiger partial charge in [-0.25, -0.2) is 4.79 Å². The molecule has 98 valence electrons. The molecule has 0 saturated carbocycles. The number of carbonyl (C=O) groups is 1. The second-order valence-electron chi connectivity index (χ2n) is 4.01. The largest absolute Gasteiger partial charge is 0.492 e. The van der Waals surface area contributed by atoms with Gasteiger partial charge in [-0.05, 0) is 12.1 Å². The first-order valence-electron chi connectivity index (χ1n) is 5.50. The van der Waals surface area contributed by atoms with Crippen LogP contribution in [0.15, 0.2) is 33.5 Å². The van der Waals surface area contributed by atoms with E-state index in [1.54, 1.807) is 12.1 Å². The Morgan fingerprint density at radius 1 is 1.21 bits per heavy atom. The van der Waals surface area contributed by atoms with E-state index < -0.39 is 12.1 Å². The standard InChI is InChI=1S/C13H10O6/c1-17-11-7-3-5-18-10(7)8(9(14)13(15)16)6-2-4-19-12(6)11/h2-5,9,14H,1H3,(H,15,16). The first-order valence-corrected chi connectivity index (χ1v) is 5.50. The molecule has 3 aromatic rings. The summed E-state index contributed by atoms with van der Waals surface area (Å²) in [5.74, 6) is -0.907. The highest BCUT2D eigenvalue weighted by Gasteiger charge is 2.27. The van der Waals surface area contributed by atoms with E-state index in [-0.39, 0.29) is 11.1 Å². The smallest absolute Gasteiger partial charge is 0.337 e. The molecule has 6 nitrogen and oxygen atoms in total. The fraction of sp³-hybridized carbons (Fsp3) is 0.154. The number of aliphatic hydroxyl groups is 1. The summed E-state index contributed by atoms with van der Waals surface area (Å²) in [5, 5.41) is 19.9. The van der Waals surface area contributed by atoms with Crippen LogP contribution in [0.4, 0.5) is 0 Å². The molecule has 0 saturated heterocycles. The number of ether oxygens (including phenoxy) is 1. The van der Waals surface area contributed by atoms with Crippen molar-refractivity contribution in [3.05, 3.63) is 30.2 Å². The van der Waals surface area contributed by atoms with Crippen LogP contribution in [-0.2, 0) is 4.79 Å². The molecular weight excluding hydrogens is 252 g/mol. The van der Waals surface area contributed by atoms with Gasteiger partial charge in [-0.15, -0.1) is 0 Å². The van der Waals surface area contributed by atoms with Crippen LogP contribution >= 0.6 is 0 Å². The van der Waals surface area contributed by atoms with Crippen LogP contribution < -0.4 is 4.74 Å². The van der Waals surface area contributed by atoms with Gasteiger partial charge in [0.1, 0.15) is 5.58 Å². The Kier molecular flexibility index (Phi) is 2.46. The number of aliphatic hydroxyl groups excluding tert-OH is 1. The Hall–Kier alpha value is -2.47. The second kappa shape index (κ2) is 4.03. The third-order valence-electron chi connectivity index (χ3n) is 3.03. The van der Waals surface area contributed by atoms with Crippen LogP contribution in [0.5, 0.6) is 5.75 Å². The number of carboxylic acid groups (broad SMARTS) is 1. The number of rotatable bonds is 3. The van der Waals surface area contributed by atoms with Gasteiger partial charge in [0.15, 0.2) is 17.4 Å². The van der Waals surface area contributed by atoms with Crippen molar-refractivity contribution in [3.63, 3.8) is 0 Å². The number of methoxy groups -OCH3 is 1. The summed E-state index contributed by atoms with van der Waals surface area (Å²) in [7, 11) is 1.48. The zero-order valence-corrected chi connectivity index (χ0v) is 9.91. The average molecular weight is 262 g/mol. The Labute approximate surface area is 106 Å². The van der Waals surface area contributed by atoms with Gasteiger partial charge in [0.25, 0.3) is 0 Å². The van der Waals surface area contributed by atoms with Crippen LogP contribution in [-0.4, -0.2) is 23.3 Å². The molecule has 3 rings (SSSR count). The molecule has 0 fully saturated rings. The molecule has 1 unspecified atom stereocenters. The highest BCUT2D eigenvalue weighted by Crippen LogP contribution is 2.41. The van der Waals surface area contributed by atoms with Crippen LogP contribution in [0.2, 0.25) is 0 Å². The highest BCUT2D eigenvalue weighted by molar-refractivity contribution is 6.06. The lowest BCUT2D eigenvalue weighted by molar-refractivity contribution is -0.146. The summed E-state index contributed by atoms with van der Waals surface area (Å²) in [4.78, 5) is 11.0. The summed E-state index contributed by atoms with van der Waals surface area (Å²) in [5.41, 5.74) is 0.824. The van der Waals surface area contributed by atoms with Crippen LogP contribution in [0.25, 0.3) is 21.9 Å². The Bertz CT molecular complexity index is 714. The molecule has 0 aliphatic carbocycles. The molecule has 0 aliphatic heterocycles. The quantitative estimate of drug-likeness (QED) is 0.752. The molecular formula is C13H10O6. The zero-order chi connectivity index (χ0) is 13.6. The van der Waals surface area contributed by atoms with Gasteiger partial charge < -0.3 is 23.8 Å². The van der Waals surface area contributed by atoms with E-state index in [0.29, 0.717) is 22.1 Å². The first-order chi connectivity index (χ1) is 9.15. The normalized spacial score (nSPS) is 12.9. The van der Waals surface area contributed by atoms with Crippen molar-refractivity contribution >= 4 is 27.9 Å². The second-order valence-corrected chi connectivity index (χ2v) is 4.01. The number of carboxylic acids is 1. The fourth-order valence-electron chi connectivity index (χ4n) is 2.24. The van der Waals surface area contributed by atoms with E-state index in [1.165, 1.54) is 19.6 Å². The van der Waals surface area contributed by atoms with Crippen LogP contribution in [0, 0.1) is 0 Å². The molecule has 2 N–H and O–H groups in total. The van der Waals surface area contributed by atoms with E-state index in [4.69, 9.17) is 18.7 Å². The van der Waals surface area contributed by atoms with Gasteiger partial charge >= 0.3 is 5.97 Å². The number of fused-ring (bicyclic) bond motifs is 2. The maximum atomic E-state index is 11.0. The number of hydrogen-bond donors (Lipinski definition) is 2. The number of benzene rings is 1. The van der Waals surface area contributed by atoms with Gasteiger partial charge in [0.05, 0.1) is 25.0 Å². The summed E-state index contributed by atoms with van der Waals surface area (Å²) in [6.45, 7) is 0. The predicted octanol–water partition coefficient (Wildman–Crippen LogP) is 2.31. The Balaban J connectivity index is 2.49. The Morgan fingerprint density at radius 2 is 1.84 bits per heavy atom. The molecule has 0 amide bonds. The predicted molar refractivity (Wildman–Crippen MR) is 65.1 cm³/mol. The van der Waals surface area contributed by atoms with Crippen LogP contribution in [0.3, 0.4) is 0 Å². The molecule has 0 aliphatic rings. The molecule has 2 heterocycles. The van der Waals surface area contributed by atoms with E-state index in [2.05, 4.69) is 0 Å². The summed E-state index contributed by atoms with van der Waals surface area (Å²) in [6, 6.07) is 3.20. The average Bonchev–Trinajstić information content (AvgIpc) is 3.02. The van der Waals surface area contributed by atoms with E-state index in [1.807, 2.05) is 0 Å². The van der Waals surface area contributed by atoms with E-state index >= 15 is 0 Å². The zero-order valence-electron chi connectivity index (χ0n) is 9.91. The summed E-state index contributed by atoms with van der Waals surface area (Å²) >= 11 is 0.